The number of ketones is 2. The molecule has 0 saturated heterocycles. The normalized spacial score (nSPS) is 20.0. The first-order valence-corrected chi connectivity index (χ1v) is 13.0. The van der Waals surface area contributed by atoms with E-state index in [0.717, 1.165) is 0 Å². The molecule has 0 aromatic carbocycles. The van der Waals surface area contributed by atoms with Crippen molar-refractivity contribution < 1.29 is 39.2 Å². The second-order valence-electron chi connectivity index (χ2n) is 10.5. The van der Waals surface area contributed by atoms with Crippen molar-refractivity contribution in [3.63, 3.8) is 0 Å². The summed E-state index contributed by atoms with van der Waals surface area (Å²) in [5.74, 6) is -5.08. The summed E-state index contributed by atoms with van der Waals surface area (Å²) >= 11 is 0. The van der Waals surface area contributed by atoms with E-state index in [0.29, 0.717) is 6.42 Å². The highest BCUT2D eigenvalue weighted by atomic mass is 16.6. The van der Waals surface area contributed by atoms with Crippen LogP contribution in [-0.2, 0) is 23.9 Å². The third kappa shape index (κ3) is 7.57. The number of esters is 1. The summed E-state index contributed by atoms with van der Waals surface area (Å²) in [5, 5.41) is 40.2. The van der Waals surface area contributed by atoms with Gasteiger partial charge in [-0.25, -0.2) is 4.79 Å². The minimum Gasteiger partial charge on any atom is -0.478 e. The highest BCUT2D eigenvalue weighted by Crippen LogP contribution is 2.47. The van der Waals surface area contributed by atoms with Crippen molar-refractivity contribution in [2.24, 2.45) is 17.3 Å². The number of hydrogen-bond acceptors (Lipinski definition) is 10. The summed E-state index contributed by atoms with van der Waals surface area (Å²) in [6.45, 7) is 11.2. The van der Waals surface area contributed by atoms with Gasteiger partial charge in [-0.2, -0.15) is 0 Å². The van der Waals surface area contributed by atoms with Gasteiger partial charge in [0.1, 0.15) is 11.5 Å². The number of carboxylic acids is 1. The number of aliphatic hydroxyl groups is 2. The Morgan fingerprint density at radius 3 is 1.59 bits per heavy atom. The minimum absolute atomic E-state index is 0.325. The molecule has 0 fully saturated rings. The van der Waals surface area contributed by atoms with Gasteiger partial charge in [-0.05, 0) is 60.2 Å². The topological polar surface area (TPSA) is 174 Å². The zero-order valence-corrected chi connectivity index (χ0v) is 24.0. The molecule has 8 atom stereocenters. The maximum atomic E-state index is 14.5. The highest BCUT2D eigenvalue weighted by molar-refractivity contribution is 6.16. The zero-order valence-electron chi connectivity index (χ0n) is 24.0. The number of aliphatic carboxylic acids is 1. The van der Waals surface area contributed by atoms with Crippen molar-refractivity contribution in [2.45, 2.75) is 104 Å². The number of ether oxygens (including phenoxy) is 1. The molecule has 0 aliphatic carbocycles. The molecule has 11 heteroatoms. The first kappa shape index (κ1) is 35.1. The van der Waals surface area contributed by atoms with E-state index >= 15 is 0 Å². The van der Waals surface area contributed by atoms with Crippen molar-refractivity contribution in [1.82, 2.24) is 16.0 Å². The number of carboxylic acid groups (broad SMARTS) is 1. The van der Waals surface area contributed by atoms with E-state index in [1.54, 1.807) is 20.8 Å². The number of aliphatic hydroxyl groups excluding tert-OH is 2. The Labute approximate surface area is 221 Å². The van der Waals surface area contributed by atoms with Gasteiger partial charge in [-0.3, -0.25) is 14.4 Å². The van der Waals surface area contributed by atoms with Crippen LogP contribution in [0.4, 0.5) is 0 Å². The fraction of sp³-hybridized carbons (Fsp3) is 0.846. The molecule has 0 heterocycles. The van der Waals surface area contributed by atoms with Crippen LogP contribution in [0.5, 0.6) is 0 Å². The Balaban J connectivity index is 7.86. The van der Waals surface area contributed by atoms with Gasteiger partial charge < -0.3 is 36.0 Å². The molecule has 0 aromatic heterocycles. The summed E-state index contributed by atoms with van der Waals surface area (Å²) in [7, 11) is 4.50. The Bertz CT molecular complexity index is 788. The molecule has 0 aliphatic rings. The van der Waals surface area contributed by atoms with E-state index in [2.05, 4.69) is 16.0 Å². The quantitative estimate of drug-likeness (QED) is 0.107. The number of rotatable bonds is 18. The molecule has 0 amide bonds. The van der Waals surface area contributed by atoms with E-state index in [-0.39, 0.29) is 11.8 Å². The van der Waals surface area contributed by atoms with Crippen molar-refractivity contribution in [3.8, 4) is 0 Å². The van der Waals surface area contributed by atoms with E-state index in [9.17, 15) is 34.5 Å². The molecule has 0 radical (unpaired) electrons. The van der Waals surface area contributed by atoms with Crippen LogP contribution in [0.15, 0.2) is 0 Å². The molecule has 0 bridgehead atoms. The average molecular weight is 532 g/mol. The highest BCUT2D eigenvalue weighted by Gasteiger charge is 2.70. The molecule has 0 rings (SSSR count). The molecule has 0 saturated carbocycles. The molecule has 6 N–H and O–H groups in total. The number of hydrogen-bond donors (Lipinski definition) is 6. The Morgan fingerprint density at radius 1 is 0.784 bits per heavy atom. The Morgan fingerprint density at radius 2 is 1.27 bits per heavy atom. The summed E-state index contributed by atoms with van der Waals surface area (Å²) in [6.07, 6.45) is -3.58. The number of carbonyl (C=O) groups excluding carboxylic acids is 3. The standard InChI is InChI=1S/C26H49N3O8/c1-11-15(4)20(29-10)22(33)25(12-16(5)30,21(32)18(7)27-8)26(24(35)36,13-17(6)31)37-23(34)19(28-9)14(2)3/h14-20,27-31H,11-13H2,1-10H3,(H,35,36)/t15-,16?,17?,18-,19-,20-,25?,26?/m0/s1. The van der Waals surface area contributed by atoms with E-state index < -0.39 is 77.7 Å². The van der Waals surface area contributed by atoms with Gasteiger partial charge in [0.05, 0.1) is 24.3 Å². The van der Waals surface area contributed by atoms with E-state index in [1.165, 1.54) is 41.9 Å². The van der Waals surface area contributed by atoms with Crippen LogP contribution >= 0.6 is 0 Å². The fourth-order valence-corrected chi connectivity index (χ4v) is 5.00. The predicted molar refractivity (Wildman–Crippen MR) is 140 cm³/mol. The van der Waals surface area contributed by atoms with Gasteiger partial charge in [0.2, 0.25) is 5.60 Å². The lowest BCUT2D eigenvalue weighted by molar-refractivity contribution is -0.209. The number of likely N-dealkylation sites (N-methyl/N-ethyl adjacent to an activating group) is 3. The molecular weight excluding hydrogens is 482 g/mol. The van der Waals surface area contributed by atoms with Crippen LogP contribution in [0.1, 0.15) is 67.7 Å². The minimum atomic E-state index is -2.82. The van der Waals surface area contributed by atoms with Crippen LogP contribution in [-0.4, -0.2) is 95.9 Å². The van der Waals surface area contributed by atoms with Crippen molar-refractivity contribution in [2.75, 3.05) is 21.1 Å². The van der Waals surface area contributed by atoms with Crippen molar-refractivity contribution in [1.29, 1.82) is 0 Å². The fourth-order valence-electron chi connectivity index (χ4n) is 5.00. The third-order valence-electron chi connectivity index (χ3n) is 7.20. The van der Waals surface area contributed by atoms with Gasteiger partial charge >= 0.3 is 11.9 Å². The van der Waals surface area contributed by atoms with Crippen LogP contribution in [0.2, 0.25) is 0 Å². The zero-order chi connectivity index (χ0) is 29.3. The monoisotopic (exact) mass is 531 g/mol. The maximum absolute atomic E-state index is 14.5. The average Bonchev–Trinajstić information content (AvgIpc) is 2.80. The Hall–Kier alpha value is -1.92. The molecule has 0 aliphatic heterocycles. The van der Waals surface area contributed by atoms with Gasteiger partial charge in [0.25, 0.3) is 0 Å². The molecule has 11 nitrogen and oxygen atoms in total. The molecule has 4 unspecified atom stereocenters. The lowest BCUT2D eigenvalue weighted by Gasteiger charge is -2.48. The second kappa shape index (κ2) is 14.9. The lowest BCUT2D eigenvalue weighted by atomic mass is 9.57. The SMILES string of the molecule is CC[C@H](C)[C@H](NC)C(=O)C(CC(C)O)(C(=O)[C@H](C)NC)C(CC(C)O)(OC(=O)[C@@H](NC)C(C)C)C(=O)O. The number of nitrogens with one attached hydrogen (secondary N) is 3. The number of carbonyl (C=O) groups is 4. The molecule has 216 valence electrons. The van der Waals surface area contributed by atoms with Gasteiger partial charge in [0, 0.05) is 6.42 Å². The number of Topliss-reactive ketones (excluding diaryl/α,β-unsaturated/α-hetero) is 2. The molecule has 0 aromatic rings. The first-order valence-electron chi connectivity index (χ1n) is 13.0. The summed E-state index contributed by atoms with van der Waals surface area (Å²) in [6, 6.07) is -3.01. The largest absolute Gasteiger partial charge is 0.478 e. The summed E-state index contributed by atoms with van der Waals surface area (Å²) in [4.78, 5) is 55.4. The van der Waals surface area contributed by atoms with Crippen molar-refractivity contribution in [3.05, 3.63) is 0 Å². The summed E-state index contributed by atoms with van der Waals surface area (Å²) in [5.41, 5.74) is -5.37. The van der Waals surface area contributed by atoms with Crippen molar-refractivity contribution >= 4 is 23.5 Å². The van der Waals surface area contributed by atoms with Crippen LogP contribution < -0.4 is 16.0 Å². The molecule has 37 heavy (non-hydrogen) atoms. The lowest BCUT2D eigenvalue weighted by Crippen LogP contribution is -2.71. The smallest absolute Gasteiger partial charge is 0.349 e. The van der Waals surface area contributed by atoms with Crippen LogP contribution in [0, 0.1) is 17.3 Å². The van der Waals surface area contributed by atoms with Crippen LogP contribution in [0.25, 0.3) is 0 Å². The third-order valence-corrected chi connectivity index (χ3v) is 7.20. The molecular formula is C26H49N3O8. The second-order valence-corrected chi connectivity index (χ2v) is 10.5. The summed E-state index contributed by atoms with van der Waals surface area (Å²) < 4.78 is 5.77. The maximum Gasteiger partial charge on any atom is 0.349 e. The molecule has 0 spiro atoms. The van der Waals surface area contributed by atoms with Gasteiger partial charge in [-0.1, -0.05) is 34.1 Å². The van der Waals surface area contributed by atoms with Gasteiger partial charge in [-0.15, -0.1) is 0 Å². The Kier molecular flexibility index (Phi) is 14.1. The predicted octanol–water partition coefficient (Wildman–Crippen LogP) is 0.505. The van der Waals surface area contributed by atoms with E-state index in [1.807, 2.05) is 6.92 Å². The van der Waals surface area contributed by atoms with Gasteiger partial charge in [0.15, 0.2) is 11.6 Å². The first-order chi connectivity index (χ1) is 17.0. The van der Waals surface area contributed by atoms with Crippen LogP contribution in [0.3, 0.4) is 0 Å². The van der Waals surface area contributed by atoms with E-state index in [4.69, 9.17) is 4.74 Å².